The van der Waals surface area contributed by atoms with E-state index in [9.17, 15) is 9.59 Å². The molecule has 1 saturated heterocycles. The van der Waals surface area contributed by atoms with Gasteiger partial charge in [-0.15, -0.1) is 0 Å². The highest BCUT2D eigenvalue weighted by molar-refractivity contribution is 5.79. The van der Waals surface area contributed by atoms with Gasteiger partial charge in [-0.05, 0) is 52.2 Å². The number of aryl methyl sites for hydroxylation is 1. The molecule has 1 aromatic rings. The van der Waals surface area contributed by atoms with E-state index in [0.717, 1.165) is 43.9 Å². The molecule has 3 unspecified atom stereocenters. The van der Waals surface area contributed by atoms with Gasteiger partial charge in [0.25, 0.3) is 0 Å². The van der Waals surface area contributed by atoms with Crippen LogP contribution in [0, 0.1) is 12.8 Å². The van der Waals surface area contributed by atoms with Crippen LogP contribution in [0.5, 0.6) is 0 Å². The third-order valence-electron chi connectivity index (χ3n) is 5.84. The number of furan rings is 1. The van der Waals surface area contributed by atoms with Crippen LogP contribution in [0.4, 0.5) is 4.79 Å². The van der Waals surface area contributed by atoms with E-state index in [-0.39, 0.29) is 36.0 Å². The zero-order chi connectivity index (χ0) is 21.5. The summed E-state index contributed by atoms with van der Waals surface area (Å²) in [6.45, 7) is 9.31. The molecule has 0 radical (unpaired) electrons. The Morgan fingerprint density at radius 3 is 2.63 bits per heavy atom. The first kappa shape index (κ1) is 22.6. The summed E-state index contributed by atoms with van der Waals surface area (Å²) in [5, 5.41) is 9.08. The van der Waals surface area contributed by atoms with Crippen molar-refractivity contribution in [2.75, 3.05) is 32.8 Å². The predicted molar refractivity (Wildman–Crippen MR) is 114 cm³/mol. The van der Waals surface area contributed by atoms with E-state index in [4.69, 9.17) is 9.15 Å². The lowest BCUT2D eigenvalue weighted by Crippen LogP contribution is -2.49. The summed E-state index contributed by atoms with van der Waals surface area (Å²) in [7, 11) is 0. The Hall–Kier alpha value is -2.06. The third kappa shape index (κ3) is 6.47. The molecule has 3 amide bonds. The van der Waals surface area contributed by atoms with Gasteiger partial charge in [0.2, 0.25) is 5.91 Å². The second-order valence-corrected chi connectivity index (χ2v) is 8.69. The average Bonchev–Trinajstić information content (AvgIpc) is 3.14. The van der Waals surface area contributed by atoms with Crippen molar-refractivity contribution >= 4 is 11.9 Å². The fraction of sp³-hybridized carbons (Fsp3) is 0.727. The number of carbonyl (C=O) groups excluding carboxylic acids is 2. The Bertz CT molecular complexity index is 699. The lowest BCUT2D eigenvalue weighted by molar-refractivity contribution is -0.126. The molecule has 3 atom stereocenters. The van der Waals surface area contributed by atoms with E-state index in [2.05, 4.69) is 20.9 Å². The second kappa shape index (κ2) is 10.8. The second-order valence-electron chi connectivity index (χ2n) is 8.69. The smallest absolute Gasteiger partial charge is 0.315 e. The fourth-order valence-electron chi connectivity index (χ4n) is 4.32. The molecule has 8 nitrogen and oxygen atoms in total. The summed E-state index contributed by atoms with van der Waals surface area (Å²) in [6.07, 6.45) is 3.43. The van der Waals surface area contributed by atoms with Gasteiger partial charge < -0.3 is 25.1 Å². The van der Waals surface area contributed by atoms with E-state index in [1.807, 2.05) is 32.9 Å². The standard InChI is InChI=1S/C22H36N4O4/c1-15(2)24-21(27)17-5-4-6-18(13-17)25-22(28)23-14-19(20-8-7-16(3)30-20)26-9-11-29-12-10-26/h7-8,15,17-19H,4-6,9-14H2,1-3H3,(H,24,27)(H2,23,25,28). The number of amides is 3. The van der Waals surface area contributed by atoms with Gasteiger partial charge in [0.05, 0.1) is 19.3 Å². The van der Waals surface area contributed by atoms with Crippen molar-refractivity contribution in [2.45, 2.75) is 64.6 Å². The Morgan fingerprint density at radius 1 is 1.20 bits per heavy atom. The number of hydrogen-bond acceptors (Lipinski definition) is 5. The van der Waals surface area contributed by atoms with E-state index in [1.165, 1.54) is 0 Å². The molecule has 3 N–H and O–H groups in total. The van der Waals surface area contributed by atoms with E-state index in [0.29, 0.717) is 26.2 Å². The molecule has 2 heterocycles. The summed E-state index contributed by atoms with van der Waals surface area (Å²) < 4.78 is 11.3. The van der Waals surface area contributed by atoms with Crippen molar-refractivity contribution < 1.29 is 18.7 Å². The van der Waals surface area contributed by atoms with Crippen molar-refractivity contribution in [3.05, 3.63) is 23.7 Å². The molecule has 168 valence electrons. The Kier molecular flexibility index (Phi) is 8.16. The maximum Gasteiger partial charge on any atom is 0.315 e. The largest absolute Gasteiger partial charge is 0.465 e. The molecule has 0 bridgehead atoms. The molecule has 1 aliphatic carbocycles. The van der Waals surface area contributed by atoms with Crippen molar-refractivity contribution in [3.8, 4) is 0 Å². The lowest BCUT2D eigenvalue weighted by Gasteiger charge is -2.34. The van der Waals surface area contributed by atoms with Crippen LogP contribution in [-0.2, 0) is 9.53 Å². The molecule has 2 fully saturated rings. The third-order valence-corrected chi connectivity index (χ3v) is 5.84. The first-order valence-corrected chi connectivity index (χ1v) is 11.1. The molecule has 8 heteroatoms. The zero-order valence-electron chi connectivity index (χ0n) is 18.4. The maximum absolute atomic E-state index is 12.6. The molecule has 1 aromatic heterocycles. The predicted octanol–water partition coefficient (Wildman–Crippen LogP) is 2.34. The number of nitrogens with one attached hydrogen (secondary N) is 3. The number of hydrogen-bond donors (Lipinski definition) is 3. The molecule has 1 saturated carbocycles. The first-order valence-electron chi connectivity index (χ1n) is 11.1. The van der Waals surface area contributed by atoms with E-state index >= 15 is 0 Å². The molecule has 2 aliphatic rings. The van der Waals surface area contributed by atoms with Crippen LogP contribution in [0.1, 0.15) is 57.1 Å². The number of urea groups is 1. The van der Waals surface area contributed by atoms with Gasteiger partial charge in [-0.3, -0.25) is 9.69 Å². The Labute approximate surface area is 179 Å². The van der Waals surface area contributed by atoms with E-state index in [1.54, 1.807) is 0 Å². The monoisotopic (exact) mass is 420 g/mol. The minimum Gasteiger partial charge on any atom is -0.465 e. The van der Waals surface area contributed by atoms with Gasteiger partial charge in [0.1, 0.15) is 11.5 Å². The summed E-state index contributed by atoms with van der Waals surface area (Å²) in [5.74, 6) is 1.79. The van der Waals surface area contributed by atoms with Crippen LogP contribution in [0.3, 0.4) is 0 Å². The lowest BCUT2D eigenvalue weighted by atomic mass is 9.85. The normalized spacial score (nSPS) is 23.7. The number of ether oxygens (including phenoxy) is 1. The number of morpholine rings is 1. The highest BCUT2D eigenvalue weighted by atomic mass is 16.5. The number of rotatable bonds is 7. The van der Waals surface area contributed by atoms with Gasteiger partial charge in [0.15, 0.2) is 0 Å². The molecule has 1 aliphatic heterocycles. The zero-order valence-corrected chi connectivity index (χ0v) is 18.4. The van der Waals surface area contributed by atoms with Crippen LogP contribution in [0.25, 0.3) is 0 Å². The molecule has 3 rings (SSSR count). The fourth-order valence-corrected chi connectivity index (χ4v) is 4.32. The first-order chi connectivity index (χ1) is 14.4. The van der Waals surface area contributed by atoms with Crippen molar-refractivity contribution in [2.24, 2.45) is 5.92 Å². The van der Waals surface area contributed by atoms with Gasteiger partial charge >= 0.3 is 6.03 Å². The van der Waals surface area contributed by atoms with Gasteiger partial charge in [-0.25, -0.2) is 4.79 Å². The Balaban J connectivity index is 1.52. The maximum atomic E-state index is 12.6. The molecule has 0 spiro atoms. The van der Waals surface area contributed by atoms with Crippen molar-refractivity contribution in [1.29, 1.82) is 0 Å². The molecule has 30 heavy (non-hydrogen) atoms. The molecule has 0 aromatic carbocycles. The van der Waals surface area contributed by atoms with Crippen molar-refractivity contribution in [3.63, 3.8) is 0 Å². The van der Waals surface area contributed by atoms with Gasteiger partial charge in [-0.1, -0.05) is 6.42 Å². The Morgan fingerprint density at radius 2 is 1.97 bits per heavy atom. The summed E-state index contributed by atoms with van der Waals surface area (Å²) in [4.78, 5) is 27.2. The van der Waals surface area contributed by atoms with Gasteiger partial charge in [0, 0.05) is 37.6 Å². The highest BCUT2D eigenvalue weighted by Gasteiger charge is 2.29. The topological polar surface area (TPSA) is 95.8 Å². The molecular weight excluding hydrogens is 384 g/mol. The SMILES string of the molecule is Cc1ccc(C(CNC(=O)NC2CCCC(C(=O)NC(C)C)C2)N2CCOCC2)o1. The van der Waals surface area contributed by atoms with Crippen LogP contribution >= 0.6 is 0 Å². The average molecular weight is 421 g/mol. The highest BCUT2D eigenvalue weighted by Crippen LogP contribution is 2.25. The summed E-state index contributed by atoms with van der Waals surface area (Å²) in [6, 6.07) is 3.88. The van der Waals surface area contributed by atoms with Gasteiger partial charge in [-0.2, -0.15) is 0 Å². The van der Waals surface area contributed by atoms with Crippen LogP contribution in [0.2, 0.25) is 0 Å². The number of carbonyl (C=O) groups is 2. The minimum atomic E-state index is -0.188. The minimum absolute atomic E-state index is 0.0226. The van der Waals surface area contributed by atoms with E-state index < -0.39 is 0 Å². The van der Waals surface area contributed by atoms with Crippen LogP contribution < -0.4 is 16.0 Å². The number of nitrogens with zero attached hydrogens (tertiary/aromatic N) is 1. The molecular formula is C22H36N4O4. The van der Waals surface area contributed by atoms with Crippen molar-refractivity contribution in [1.82, 2.24) is 20.9 Å². The van der Waals surface area contributed by atoms with Crippen LogP contribution in [-0.4, -0.2) is 61.8 Å². The summed E-state index contributed by atoms with van der Waals surface area (Å²) >= 11 is 0. The van der Waals surface area contributed by atoms with Crippen LogP contribution in [0.15, 0.2) is 16.5 Å². The summed E-state index contributed by atoms with van der Waals surface area (Å²) in [5.41, 5.74) is 0. The quantitative estimate of drug-likeness (QED) is 0.629.